The van der Waals surface area contributed by atoms with Crippen molar-refractivity contribution < 1.29 is 28.6 Å². The molecule has 0 aromatic rings. The maximum absolute atomic E-state index is 12.7. The van der Waals surface area contributed by atoms with Crippen molar-refractivity contribution in [2.24, 2.45) is 0 Å². The zero-order valence-corrected chi connectivity index (χ0v) is 38.5. The minimum atomic E-state index is -0.799. The summed E-state index contributed by atoms with van der Waals surface area (Å²) in [6.45, 7) is 6.43. The molecular formula is C53H90O6. The second kappa shape index (κ2) is 47.5. The summed E-state index contributed by atoms with van der Waals surface area (Å²) in [6, 6.07) is 0. The van der Waals surface area contributed by atoms with Crippen LogP contribution in [-0.4, -0.2) is 37.2 Å². The molecule has 0 spiro atoms. The number of hydrogen-bond acceptors (Lipinski definition) is 6. The van der Waals surface area contributed by atoms with Gasteiger partial charge in [0, 0.05) is 19.3 Å². The van der Waals surface area contributed by atoms with E-state index < -0.39 is 6.10 Å². The molecule has 59 heavy (non-hydrogen) atoms. The van der Waals surface area contributed by atoms with Crippen LogP contribution in [0.3, 0.4) is 0 Å². The van der Waals surface area contributed by atoms with Crippen LogP contribution >= 0.6 is 0 Å². The Morgan fingerprint density at radius 2 is 0.678 bits per heavy atom. The molecule has 0 aliphatic carbocycles. The van der Waals surface area contributed by atoms with Crippen LogP contribution in [0.2, 0.25) is 0 Å². The van der Waals surface area contributed by atoms with E-state index >= 15 is 0 Å². The topological polar surface area (TPSA) is 78.9 Å². The van der Waals surface area contributed by atoms with Crippen molar-refractivity contribution in [3.05, 3.63) is 72.9 Å². The lowest BCUT2D eigenvalue weighted by atomic mass is 10.0. The highest BCUT2D eigenvalue weighted by Gasteiger charge is 2.19. The Morgan fingerprint density at radius 1 is 0.356 bits per heavy atom. The predicted octanol–water partition coefficient (Wildman–Crippen LogP) is 15.9. The van der Waals surface area contributed by atoms with Crippen molar-refractivity contribution in [2.45, 2.75) is 232 Å². The van der Waals surface area contributed by atoms with Crippen molar-refractivity contribution in [3.8, 4) is 0 Å². The fourth-order valence-electron chi connectivity index (χ4n) is 6.53. The largest absolute Gasteiger partial charge is 0.462 e. The molecule has 6 heteroatoms. The smallest absolute Gasteiger partial charge is 0.306 e. The van der Waals surface area contributed by atoms with E-state index in [1.54, 1.807) is 0 Å². The summed E-state index contributed by atoms with van der Waals surface area (Å²) >= 11 is 0. The third-order valence-electron chi connectivity index (χ3n) is 10.2. The van der Waals surface area contributed by atoms with Gasteiger partial charge in [0.25, 0.3) is 0 Å². The third-order valence-corrected chi connectivity index (χ3v) is 10.2. The number of rotatable bonds is 43. The zero-order valence-electron chi connectivity index (χ0n) is 38.5. The van der Waals surface area contributed by atoms with Crippen molar-refractivity contribution in [2.75, 3.05) is 13.2 Å². The number of allylic oxidation sites excluding steroid dienone is 12. The number of carbonyl (C=O) groups is 3. The standard InChI is InChI=1S/C53H90O6/c1-4-7-10-13-16-19-22-25-26-27-28-29-32-34-37-40-43-46-52(55)58-49-50(59-53(56)47-44-41-38-35-31-24-21-18-15-12-9-6-3)48-57-51(54)45-42-39-36-33-30-23-20-17-14-11-8-5-2/h7,10,16,18-19,21,25-26,28-29,34,37,50H,4-6,8-9,11-15,17,20,22-24,27,30-33,35-36,38-49H2,1-3H3/b10-7-,19-16-,21-18-,26-25-,29-28-,37-34-/t50-/m1/s1. The maximum atomic E-state index is 12.7. The van der Waals surface area contributed by atoms with Crippen LogP contribution in [0.5, 0.6) is 0 Å². The molecule has 0 saturated heterocycles. The summed E-state index contributed by atoms with van der Waals surface area (Å²) in [5.41, 5.74) is 0. The summed E-state index contributed by atoms with van der Waals surface area (Å²) in [6.07, 6.45) is 58.9. The molecule has 0 bridgehead atoms. The lowest BCUT2D eigenvalue weighted by molar-refractivity contribution is -0.167. The maximum Gasteiger partial charge on any atom is 0.306 e. The van der Waals surface area contributed by atoms with Crippen LogP contribution in [0.15, 0.2) is 72.9 Å². The molecule has 0 heterocycles. The Balaban J connectivity index is 4.47. The fraction of sp³-hybridized carbons (Fsp3) is 0.717. The fourth-order valence-corrected chi connectivity index (χ4v) is 6.53. The van der Waals surface area contributed by atoms with Gasteiger partial charge in [-0.1, -0.05) is 196 Å². The van der Waals surface area contributed by atoms with E-state index in [4.69, 9.17) is 14.2 Å². The molecule has 0 aliphatic heterocycles. The summed E-state index contributed by atoms with van der Waals surface area (Å²) in [4.78, 5) is 37.8. The van der Waals surface area contributed by atoms with E-state index in [2.05, 4.69) is 93.7 Å². The Morgan fingerprint density at radius 3 is 1.15 bits per heavy atom. The van der Waals surface area contributed by atoms with Gasteiger partial charge in [0.15, 0.2) is 6.10 Å². The minimum Gasteiger partial charge on any atom is -0.462 e. The van der Waals surface area contributed by atoms with Crippen molar-refractivity contribution in [1.82, 2.24) is 0 Å². The molecule has 6 nitrogen and oxygen atoms in total. The summed E-state index contributed by atoms with van der Waals surface area (Å²) in [5, 5.41) is 0. The Hall–Kier alpha value is -3.15. The molecule has 0 fully saturated rings. The van der Waals surface area contributed by atoms with Crippen LogP contribution in [-0.2, 0) is 28.6 Å². The SMILES string of the molecule is CC/C=C\C/C=C\C/C=C\C/C=C\C/C=C\CCCC(=O)OC[C@@H](COC(=O)CCCCCCCCCCCCCC)OC(=O)CCCCCCC/C=C\CCCCC. The molecule has 0 amide bonds. The number of ether oxygens (including phenoxy) is 3. The quantitative estimate of drug-likeness (QED) is 0.0264. The van der Waals surface area contributed by atoms with Gasteiger partial charge in [-0.25, -0.2) is 0 Å². The first-order chi connectivity index (χ1) is 29.0. The van der Waals surface area contributed by atoms with Crippen LogP contribution in [0.25, 0.3) is 0 Å². The normalized spacial score (nSPS) is 12.7. The molecule has 0 radical (unpaired) electrons. The molecule has 338 valence electrons. The van der Waals surface area contributed by atoms with Gasteiger partial charge in [-0.2, -0.15) is 0 Å². The molecule has 0 saturated carbocycles. The Labute approximate surface area is 363 Å². The summed E-state index contributed by atoms with van der Waals surface area (Å²) in [5.74, 6) is -0.967. The van der Waals surface area contributed by atoms with Gasteiger partial charge in [-0.3, -0.25) is 14.4 Å². The minimum absolute atomic E-state index is 0.0951. The van der Waals surface area contributed by atoms with Gasteiger partial charge in [0.05, 0.1) is 0 Å². The van der Waals surface area contributed by atoms with Crippen molar-refractivity contribution in [3.63, 3.8) is 0 Å². The second-order valence-corrected chi connectivity index (χ2v) is 16.0. The van der Waals surface area contributed by atoms with Gasteiger partial charge in [0.1, 0.15) is 13.2 Å². The monoisotopic (exact) mass is 823 g/mol. The van der Waals surface area contributed by atoms with Crippen LogP contribution < -0.4 is 0 Å². The van der Waals surface area contributed by atoms with Gasteiger partial charge in [-0.05, 0) is 83.5 Å². The molecule has 0 aromatic heterocycles. The second-order valence-electron chi connectivity index (χ2n) is 16.0. The predicted molar refractivity (Wildman–Crippen MR) is 251 cm³/mol. The lowest BCUT2D eigenvalue weighted by Crippen LogP contribution is -2.30. The summed E-state index contributed by atoms with van der Waals surface area (Å²) < 4.78 is 16.7. The number of hydrogen-bond donors (Lipinski definition) is 0. The number of unbranched alkanes of at least 4 members (excludes halogenated alkanes) is 20. The first-order valence-corrected chi connectivity index (χ1v) is 24.4. The Bertz CT molecular complexity index is 1130. The van der Waals surface area contributed by atoms with E-state index in [0.29, 0.717) is 19.3 Å². The van der Waals surface area contributed by atoms with E-state index in [1.165, 1.54) is 89.9 Å². The van der Waals surface area contributed by atoms with Gasteiger partial charge < -0.3 is 14.2 Å². The van der Waals surface area contributed by atoms with Gasteiger partial charge >= 0.3 is 17.9 Å². The molecule has 0 rings (SSSR count). The molecule has 0 N–H and O–H groups in total. The van der Waals surface area contributed by atoms with E-state index in [1.807, 2.05) is 0 Å². The first kappa shape index (κ1) is 55.9. The number of esters is 3. The van der Waals surface area contributed by atoms with Gasteiger partial charge in [-0.15, -0.1) is 0 Å². The highest BCUT2D eigenvalue weighted by molar-refractivity contribution is 5.71. The van der Waals surface area contributed by atoms with E-state index in [9.17, 15) is 14.4 Å². The average Bonchev–Trinajstić information content (AvgIpc) is 3.23. The molecular weight excluding hydrogens is 733 g/mol. The molecule has 0 aromatic carbocycles. The molecule has 0 unspecified atom stereocenters. The van der Waals surface area contributed by atoms with E-state index in [0.717, 1.165) is 89.9 Å². The summed E-state index contributed by atoms with van der Waals surface area (Å²) in [7, 11) is 0. The van der Waals surface area contributed by atoms with E-state index in [-0.39, 0.29) is 37.5 Å². The highest BCUT2D eigenvalue weighted by atomic mass is 16.6. The van der Waals surface area contributed by atoms with Gasteiger partial charge in [0.2, 0.25) is 0 Å². The lowest BCUT2D eigenvalue weighted by Gasteiger charge is -2.18. The van der Waals surface area contributed by atoms with Crippen LogP contribution in [0, 0.1) is 0 Å². The highest BCUT2D eigenvalue weighted by Crippen LogP contribution is 2.14. The third kappa shape index (κ3) is 45.8. The number of carbonyl (C=O) groups excluding carboxylic acids is 3. The molecule has 0 aliphatic rings. The van der Waals surface area contributed by atoms with Crippen molar-refractivity contribution in [1.29, 1.82) is 0 Å². The zero-order chi connectivity index (χ0) is 43.0. The first-order valence-electron chi connectivity index (χ1n) is 24.4. The van der Waals surface area contributed by atoms with Crippen molar-refractivity contribution >= 4 is 17.9 Å². The average molecular weight is 823 g/mol. The van der Waals surface area contributed by atoms with Crippen LogP contribution in [0.4, 0.5) is 0 Å². The molecule has 1 atom stereocenters. The van der Waals surface area contributed by atoms with Crippen LogP contribution in [0.1, 0.15) is 226 Å². The Kier molecular flexibility index (Phi) is 45.0.